The molecule has 0 saturated carbocycles. The fraction of sp³-hybridized carbons (Fsp3) is 0.462. The molecule has 0 aliphatic carbocycles. The quantitative estimate of drug-likeness (QED) is 0.0197. The Hall–Kier alpha value is -7.07. The first-order valence-electron chi connectivity index (χ1n) is 25.0. The maximum absolute atomic E-state index is 14.0. The number of H-pyrrole nitrogens is 1. The number of nitrogens with one attached hydrogen (secondary N) is 7. The van der Waals surface area contributed by atoms with Crippen LogP contribution in [0.2, 0.25) is 0 Å². The first-order chi connectivity index (χ1) is 36.8. The molecule has 6 rings (SSSR count). The fourth-order valence-corrected chi connectivity index (χ4v) is 10.0. The minimum Gasteiger partial charge on any atom is -0.497 e. The van der Waals surface area contributed by atoms with E-state index in [1.54, 1.807) is 48.5 Å². The van der Waals surface area contributed by atoms with Crippen molar-refractivity contribution in [2.75, 3.05) is 30.9 Å². The number of carbonyl (C=O) groups excluding carboxylic acids is 7. The number of likely N-dealkylation sites (tertiary alicyclic amines) is 1. The number of amides is 7. The van der Waals surface area contributed by atoms with Gasteiger partial charge < -0.3 is 66.4 Å². The van der Waals surface area contributed by atoms with Crippen LogP contribution < -0.4 is 36.6 Å². The third-order valence-electron chi connectivity index (χ3n) is 13.1. The van der Waals surface area contributed by atoms with Crippen LogP contribution in [-0.4, -0.2) is 154 Å². The molecular weight excluding hydrogens is 1110 g/mol. The minimum absolute atomic E-state index is 0.0436. The van der Waals surface area contributed by atoms with Gasteiger partial charge in [0.2, 0.25) is 35.4 Å². The molecule has 0 spiro atoms. The van der Waals surface area contributed by atoms with E-state index in [2.05, 4.69) is 87.9 Å². The highest BCUT2D eigenvalue weighted by Gasteiger charge is 2.49. The predicted molar refractivity (Wildman–Crippen MR) is 289 cm³/mol. The smallest absolute Gasteiger partial charge is 0.408 e. The fourth-order valence-electron chi connectivity index (χ4n) is 8.78. The third kappa shape index (κ3) is 15.3. The number of anilines is 2. The number of unbranched alkanes of at least 4 members (excludes halogenated alkanes) is 1. The van der Waals surface area contributed by atoms with Gasteiger partial charge in [0.25, 0.3) is 0 Å². The van der Waals surface area contributed by atoms with Gasteiger partial charge in [-0.25, -0.2) is 19.7 Å². The second-order valence-electron chi connectivity index (χ2n) is 18.8. The zero-order chi connectivity index (χ0) is 56.0. The van der Waals surface area contributed by atoms with Crippen molar-refractivity contribution in [3.8, 4) is 5.75 Å². The second kappa shape index (κ2) is 27.3. The molecule has 2 saturated heterocycles. The number of aliphatic hydroxyl groups excluding tert-OH is 3. The lowest BCUT2D eigenvalue weighted by Crippen LogP contribution is -2.67. The molecule has 2 aromatic carbocycles. The highest BCUT2D eigenvalue weighted by molar-refractivity contribution is 14.1. The summed E-state index contributed by atoms with van der Waals surface area (Å²) in [4.78, 5) is 110. The molecule has 4 aromatic rings. The topological polar surface area (TPSA) is 338 Å². The van der Waals surface area contributed by atoms with Gasteiger partial charge in [-0.05, 0) is 68.2 Å². The molecule has 10 N–H and O–H groups in total. The number of ether oxygens (including phenoxy) is 3. The Morgan fingerprint density at radius 2 is 1.70 bits per heavy atom. The monoisotopic (exact) mass is 1180 g/mol. The first-order valence-corrected chi connectivity index (χ1v) is 26.1. The number of halogens is 1. The van der Waals surface area contributed by atoms with Crippen LogP contribution in [0.3, 0.4) is 0 Å². The van der Waals surface area contributed by atoms with E-state index < -0.39 is 94.4 Å². The van der Waals surface area contributed by atoms with E-state index in [0.717, 1.165) is 24.2 Å². The number of methoxy groups -OCH3 is 1. The number of hydrogen-bond acceptors (Lipinski definition) is 17. The van der Waals surface area contributed by atoms with Crippen molar-refractivity contribution < 1.29 is 63.1 Å². The van der Waals surface area contributed by atoms with Crippen LogP contribution >= 0.6 is 22.6 Å². The number of carbonyl (C=O) groups is 7. The summed E-state index contributed by atoms with van der Waals surface area (Å²) in [7, 11) is 1.50. The number of rotatable bonds is 25. The number of imide groups is 1. The number of alkyl carbamates (subject to hydrolysis) is 1. The van der Waals surface area contributed by atoms with Gasteiger partial charge in [-0.15, -0.1) is 0 Å². The summed E-state index contributed by atoms with van der Waals surface area (Å²) in [5.74, 6) is -3.19. The molecule has 0 bridgehead atoms. The number of aromatic amines is 1. The number of aliphatic hydroxyl groups is 3. The van der Waals surface area contributed by atoms with Crippen molar-refractivity contribution >= 4 is 86.8 Å². The zero-order valence-corrected chi connectivity index (χ0v) is 45.4. The van der Waals surface area contributed by atoms with Gasteiger partial charge >= 0.3 is 6.09 Å². The number of fused-ring (bicyclic) bond motifs is 1. The summed E-state index contributed by atoms with van der Waals surface area (Å²) in [6, 6.07) is 8.00. The molecule has 4 heterocycles. The van der Waals surface area contributed by atoms with Crippen molar-refractivity contribution in [2.45, 2.75) is 125 Å². The normalized spacial score (nSPS) is 21.3. The molecule has 7 amide bonds. The summed E-state index contributed by atoms with van der Waals surface area (Å²) < 4.78 is 16.1. The van der Waals surface area contributed by atoms with Crippen LogP contribution in [0.5, 0.6) is 5.75 Å². The van der Waals surface area contributed by atoms with Gasteiger partial charge in [0.1, 0.15) is 60.6 Å². The van der Waals surface area contributed by atoms with Crippen molar-refractivity contribution in [2.24, 2.45) is 5.92 Å². The number of hydrogen-bond donors (Lipinski definition) is 10. The van der Waals surface area contributed by atoms with Crippen molar-refractivity contribution in [3.05, 3.63) is 96.6 Å². The molecular formula is C52H66IN11O13. The molecule has 2 unspecified atom stereocenters. The molecule has 10 atom stereocenters. The van der Waals surface area contributed by atoms with E-state index >= 15 is 0 Å². The van der Waals surface area contributed by atoms with Crippen LogP contribution in [0.4, 0.5) is 16.3 Å². The molecule has 2 aliphatic rings. The second-order valence-corrected chi connectivity index (χ2v) is 20.8. The van der Waals surface area contributed by atoms with Gasteiger partial charge in [0, 0.05) is 31.5 Å². The van der Waals surface area contributed by atoms with E-state index in [9.17, 15) is 48.9 Å². The number of nitrogens with zero attached hydrogens (tertiary/aromatic N) is 4. The Morgan fingerprint density at radius 3 is 2.36 bits per heavy atom. The van der Waals surface area contributed by atoms with Gasteiger partial charge in [-0.1, -0.05) is 85.4 Å². The Bertz CT molecular complexity index is 2780. The third-order valence-corrected chi connectivity index (χ3v) is 14.7. The van der Waals surface area contributed by atoms with Gasteiger partial charge in [0.05, 0.1) is 35.4 Å². The van der Waals surface area contributed by atoms with Crippen LogP contribution in [0.15, 0.2) is 85.5 Å². The first kappa shape index (κ1) is 59.2. The lowest BCUT2D eigenvalue weighted by atomic mass is 9.86. The van der Waals surface area contributed by atoms with Crippen LogP contribution in [-0.2, 0) is 51.3 Å². The maximum Gasteiger partial charge on any atom is 0.408 e. The van der Waals surface area contributed by atoms with E-state index in [1.165, 1.54) is 33.6 Å². The Balaban J connectivity index is 0.993. The molecule has 25 heteroatoms. The summed E-state index contributed by atoms with van der Waals surface area (Å²) in [5.41, 5.74) is 2.45. The van der Waals surface area contributed by atoms with Crippen LogP contribution in [0.25, 0.3) is 11.2 Å². The van der Waals surface area contributed by atoms with E-state index in [-0.39, 0.29) is 55.6 Å². The lowest BCUT2D eigenvalue weighted by Gasteiger charge is -2.43. The summed E-state index contributed by atoms with van der Waals surface area (Å²) in [6.45, 7) is 9.63. The average molecular weight is 1180 g/mol. The Morgan fingerprint density at radius 1 is 0.987 bits per heavy atom. The van der Waals surface area contributed by atoms with Gasteiger partial charge in [-0.2, -0.15) is 0 Å². The molecule has 2 aliphatic heterocycles. The van der Waals surface area contributed by atoms with Gasteiger partial charge in [0.15, 0.2) is 17.7 Å². The summed E-state index contributed by atoms with van der Waals surface area (Å²) in [5, 5.41) is 48.6. The number of aromatic nitrogens is 4. The number of imidazole rings is 1. The van der Waals surface area contributed by atoms with E-state index in [0.29, 0.717) is 33.7 Å². The largest absolute Gasteiger partial charge is 0.497 e. The zero-order valence-electron chi connectivity index (χ0n) is 43.3. The number of allylic oxidation sites excluding steroid dienone is 2. The highest BCUT2D eigenvalue weighted by Crippen LogP contribution is 2.42. The Kier molecular flexibility index (Phi) is 21.0. The summed E-state index contributed by atoms with van der Waals surface area (Å²) in [6.07, 6.45) is 1.93. The minimum atomic E-state index is -1.67. The van der Waals surface area contributed by atoms with E-state index in [1.807, 2.05) is 19.1 Å². The van der Waals surface area contributed by atoms with E-state index in [4.69, 9.17) is 14.2 Å². The summed E-state index contributed by atoms with van der Waals surface area (Å²) >= 11 is 2.25. The van der Waals surface area contributed by atoms with Gasteiger partial charge in [-0.3, -0.25) is 33.7 Å². The molecule has 24 nitrogen and oxygen atoms in total. The van der Waals surface area contributed by atoms with Crippen molar-refractivity contribution in [1.82, 2.24) is 46.1 Å². The molecule has 2 fully saturated rings. The standard InChI is InChI=1S/C52H66IN11O13/c1-7-9-20-52(53,19-8-2)34-23-38(67)64(50(34)73)21-18-37(66)61-39(28(3)4)48(72)58-29(5)46(70)59-32-14-10-31(11-15-32)25-76-51(74)60-35(22-30-12-16-33(75-6)17-13-30)47(71)62-40-36(24-65)77-49(43(69)42(40)68)63-45-41-44(55-26-54-41)56-27-57-45/h8,10-17,19,26-27,29,34-36,39-40,42-43,49,65,68-69H,3,7,9,18,20-25H2,1-2,4-6H3,(H,58,72)(H,59,70)(H,60,74)(H,61,66)(H,62,71)(H2,54,55,56,57,63)/t29-,34?,35+,36-,39-,40+,42-,43+,49+,52?/m0/s1. The molecule has 77 heavy (non-hydrogen) atoms. The SMILES string of the molecule is C=C(C)[C@H](NC(=O)CCN1C(=O)CC(C(I)(C=CC)CCCC)C1=O)C(=O)N[C@@H](C)C(=O)Nc1ccc(COC(=O)N[C@H](Cc2ccc(OC)cc2)C(=O)N[C@H]2[C@H](O)[C@@H](O)[C@H](Nc3ncnc4nc[nH]c34)O[C@H]2CO)cc1. The lowest BCUT2D eigenvalue weighted by molar-refractivity contribution is -0.185. The van der Waals surface area contributed by atoms with Crippen LogP contribution in [0, 0.1) is 5.92 Å². The van der Waals surface area contributed by atoms with Crippen molar-refractivity contribution in [3.63, 3.8) is 0 Å². The highest BCUT2D eigenvalue weighted by atomic mass is 127. The number of benzene rings is 2. The Labute approximate surface area is 458 Å². The van der Waals surface area contributed by atoms with Crippen LogP contribution in [0.1, 0.15) is 70.9 Å². The van der Waals surface area contributed by atoms with Crippen molar-refractivity contribution in [1.29, 1.82) is 0 Å². The maximum atomic E-state index is 14.0. The average Bonchev–Trinajstić information content (AvgIpc) is 4.02. The molecule has 414 valence electrons. The number of alkyl halides is 1. The molecule has 0 radical (unpaired) electrons. The predicted octanol–water partition coefficient (Wildman–Crippen LogP) is 2.44. The molecule has 2 aromatic heterocycles.